The molecule has 0 saturated carbocycles. The molecular weight excluding hydrogens is 382 g/mol. The summed E-state index contributed by atoms with van der Waals surface area (Å²) in [4.78, 5) is 22.1. The van der Waals surface area contributed by atoms with Gasteiger partial charge >= 0.3 is 0 Å². The summed E-state index contributed by atoms with van der Waals surface area (Å²) in [6.45, 7) is 0. The minimum Gasteiger partial charge on any atom is -0.506 e. The van der Waals surface area contributed by atoms with Gasteiger partial charge in [-0.05, 0) is 40.2 Å². The molecule has 0 fully saturated rings. The molecule has 0 atom stereocenters. The summed E-state index contributed by atoms with van der Waals surface area (Å²) in [6, 6.07) is 8.69. The van der Waals surface area contributed by atoms with Crippen molar-refractivity contribution in [1.82, 2.24) is 5.43 Å². The number of carbonyl (C=O) groups excluding carboxylic acids is 1. The van der Waals surface area contributed by atoms with E-state index in [0.29, 0.717) is 11.3 Å². The number of ether oxygens (including phenoxy) is 1. The fraction of sp³-hybridized carbons (Fsp3) is 0.0667. The Bertz CT molecular complexity index is 806. The van der Waals surface area contributed by atoms with Crippen molar-refractivity contribution in [2.45, 2.75) is 0 Å². The highest BCUT2D eigenvalue weighted by Crippen LogP contribution is 2.31. The summed E-state index contributed by atoms with van der Waals surface area (Å²) in [5.41, 5.74) is 2.50. The first kappa shape index (κ1) is 17.4. The van der Waals surface area contributed by atoms with E-state index >= 15 is 0 Å². The van der Waals surface area contributed by atoms with Crippen molar-refractivity contribution in [3.05, 3.63) is 62.1 Å². The number of rotatable bonds is 5. The number of phenols is 1. The van der Waals surface area contributed by atoms with Crippen LogP contribution in [0.5, 0.6) is 11.5 Å². The monoisotopic (exact) mass is 393 g/mol. The van der Waals surface area contributed by atoms with Gasteiger partial charge in [-0.15, -0.1) is 0 Å². The molecule has 124 valence electrons. The van der Waals surface area contributed by atoms with Crippen LogP contribution in [0.1, 0.15) is 15.9 Å². The molecule has 1 amide bonds. The fourth-order valence-electron chi connectivity index (χ4n) is 1.78. The molecule has 2 aromatic rings. The molecule has 2 aromatic carbocycles. The van der Waals surface area contributed by atoms with Crippen molar-refractivity contribution in [1.29, 1.82) is 0 Å². The van der Waals surface area contributed by atoms with E-state index in [9.17, 15) is 20.0 Å². The number of nitrogens with one attached hydrogen (secondary N) is 1. The van der Waals surface area contributed by atoms with Crippen molar-refractivity contribution in [2.75, 3.05) is 7.11 Å². The highest BCUT2D eigenvalue weighted by molar-refractivity contribution is 9.10. The zero-order valence-electron chi connectivity index (χ0n) is 12.4. The average molecular weight is 394 g/mol. The van der Waals surface area contributed by atoms with E-state index < -0.39 is 10.8 Å². The predicted octanol–water partition coefficient (Wildman–Crippen LogP) is 2.84. The number of hydrazone groups is 1. The second-order valence-corrected chi connectivity index (χ2v) is 5.40. The minimum atomic E-state index is -0.600. The number of phenolic OH excluding ortho intramolecular Hbond substituents is 1. The third-order valence-corrected chi connectivity index (χ3v) is 3.61. The van der Waals surface area contributed by atoms with Gasteiger partial charge in [0.25, 0.3) is 11.6 Å². The van der Waals surface area contributed by atoms with Crippen molar-refractivity contribution in [2.24, 2.45) is 5.10 Å². The maximum absolute atomic E-state index is 11.9. The van der Waals surface area contributed by atoms with Crippen LogP contribution < -0.4 is 10.2 Å². The summed E-state index contributed by atoms with van der Waals surface area (Å²) in [5.74, 6) is -0.0812. The van der Waals surface area contributed by atoms with Gasteiger partial charge in [-0.2, -0.15) is 5.10 Å². The molecule has 2 N–H and O–H groups in total. The number of methoxy groups -OCH3 is 1. The number of nitro benzene ring substituents is 1. The molecule has 9 heteroatoms. The lowest BCUT2D eigenvalue weighted by atomic mass is 10.2. The van der Waals surface area contributed by atoms with Crippen LogP contribution in [0, 0.1) is 10.1 Å². The van der Waals surface area contributed by atoms with Crippen LogP contribution in [0.2, 0.25) is 0 Å². The molecule has 0 aliphatic rings. The standard InChI is InChI=1S/C15H12BrN3O5/c1-24-12-4-2-9(3-5-12)15(21)18-17-8-10-6-11(19(22)23)7-13(16)14(10)20/h2-8,20H,1H3,(H,18,21)/b17-8+. The molecule has 0 unspecified atom stereocenters. The van der Waals surface area contributed by atoms with E-state index in [4.69, 9.17) is 4.74 Å². The Hall–Kier alpha value is -2.94. The third kappa shape index (κ3) is 4.07. The van der Waals surface area contributed by atoms with E-state index in [2.05, 4.69) is 26.5 Å². The number of aromatic hydroxyl groups is 1. The second-order valence-electron chi connectivity index (χ2n) is 4.55. The Morgan fingerprint density at radius 2 is 2.04 bits per heavy atom. The number of carbonyl (C=O) groups is 1. The molecule has 24 heavy (non-hydrogen) atoms. The van der Waals surface area contributed by atoms with Crippen LogP contribution in [0.15, 0.2) is 46.0 Å². The topological polar surface area (TPSA) is 114 Å². The molecule has 0 aliphatic carbocycles. The zero-order chi connectivity index (χ0) is 17.7. The van der Waals surface area contributed by atoms with Gasteiger partial charge in [-0.1, -0.05) is 0 Å². The molecule has 0 aliphatic heterocycles. The largest absolute Gasteiger partial charge is 0.506 e. The van der Waals surface area contributed by atoms with E-state index in [0.717, 1.165) is 12.3 Å². The van der Waals surface area contributed by atoms with Gasteiger partial charge < -0.3 is 9.84 Å². The molecule has 0 saturated heterocycles. The zero-order valence-corrected chi connectivity index (χ0v) is 14.0. The molecule has 8 nitrogen and oxygen atoms in total. The minimum absolute atomic E-state index is 0.0890. The van der Waals surface area contributed by atoms with Crippen LogP contribution in [-0.4, -0.2) is 29.3 Å². The lowest BCUT2D eigenvalue weighted by Gasteiger charge is -2.03. The van der Waals surface area contributed by atoms with Gasteiger partial charge in [0.1, 0.15) is 11.5 Å². The molecule has 0 bridgehead atoms. The molecule has 0 heterocycles. The number of halogens is 1. The van der Waals surface area contributed by atoms with Crippen molar-refractivity contribution in [3.8, 4) is 11.5 Å². The number of hydrogen-bond acceptors (Lipinski definition) is 6. The Morgan fingerprint density at radius 1 is 1.38 bits per heavy atom. The lowest BCUT2D eigenvalue weighted by molar-refractivity contribution is -0.385. The lowest BCUT2D eigenvalue weighted by Crippen LogP contribution is -2.17. The van der Waals surface area contributed by atoms with Crippen molar-refractivity contribution < 1.29 is 19.6 Å². The van der Waals surface area contributed by atoms with E-state index in [-0.39, 0.29) is 21.5 Å². The fourth-order valence-corrected chi connectivity index (χ4v) is 2.24. The van der Waals surface area contributed by atoms with Crippen LogP contribution in [0.4, 0.5) is 5.69 Å². The summed E-state index contributed by atoms with van der Waals surface area (Å²) in [5, 5.41) is 24.4. The number of benzene rings is 2. The van der Waals surface area contributed by atoms with Gasteiger partial charge in [0, 0.05) is 23.3 Å². The van der Waals surface area contributed by atoms with Crippen LogP contribution in [-0.2, 0) is 0 Å². The Kier molecular flexibility index (Phi) is 5.48. The normalized spacial score (nSPS) is 10.6. The Labute approximate surface area is 145 Å². The number of nitrogens with zero attached hydrogens (tertiary/aromatic N) is 2. The smallest absolute Gasteiger partial charge is 0.271 e. The highest BCUT2D eigenvalue weighted by Gasteiger charge is 2.13. The first-order valence-corrected chi connectivity index (χ1v) is 7.36. The summed E-state index contributed by atoms with van der Waals surface area (Å²) in [6.07, 6.45) is 1.12. The Morgan fingerprint density at radius 3 is 2.62 bits per heavy atom. The number of hydrogen-bond donors (Lipinski definition) is 2. The molecule has 0 aromatic heterocycles. The molecule has 0 radical (unpaired) electrons. The van der Waals surface area contributed by atoms with Crippen LogP contribution >= 0.6 is 15.9 Å². The van der Waals surface area contributed by atoms with Crippen molar-refractivity contribution in [3.63, 3.8) is 0 Å². The third-order valence-electron chi connectivity index (χ3n) is 3.01. The van der Waals surface area contributed by atoms with Gasteiger partial charge in [0.15, 0.2) is 0 Å². The first-order valence-electron chi connectivity index (χ1n) is 6.56. The molecule has 2 rings (SSSR count). The van der Waals surface area contributed by atoms with Gasteiger partial charge in [0.05, 0.1) is 22.7 Å². The summed E-state index contributed by atoms with van der Waals surface area (Å²) < 4.78 is 5.15. The number of non-ortho nitro benzene ring substituents is 1. The highest BCUT2D eigenvalue weighted by atomic mass is 79.9. The number of nitro groups is 1. The van der Waals surface area contributed by atoms with Gasteiger partial charge in [-0.3, -0.25) is 14.9 Å². The first-order chi connectivity index (χ1) is 11.4. The van der Waals surface area contributed by atoms with Crippen molar-refractivity contribution >= 4 is 33.7 Å². The average Bonchev–Trinajstić information content (AvgIpc) is 2.58. The maximum Gasteiger partial charge on any atom is 0.271 e. The van der Waals surface area contributed by atoms with E-state index in [1.165, 1.54) is 13.2 Å². The number of amides is 1. The SMILES string of the molecule is COc1ccc(C(=O)N/N=C/c2cc([N+](=O)[O-])cc(Br)c2O)cc1. The predicted molar refractivity (Wildman–Crippen MR) is 90.5 cm³/mol. The molecular formula is C15H12BrN3O5. The van der Waals surface area contributed by atoms with Crippen LogP contribution in [0.25, 0.3) is 0 Å². The summed E-state index contributed by atoms with van der Waals surface area (Å²) >= 11 is 3.02. The van der Waals surface area contributed by atoms with Crippen LogP contribution in [0.3, 0.4) is 0 Å². The van der Waals surface area contributed by atoms with E-state index in [1.807, 2.05) is 0 Å². The quantitative estimate of drug-likeness (QED) is 0.460. The van der Waals surface area contributed by atoms with Gasteiger partial charge in [0.2, 0.25) is 0 Å². The van der Waals surface area contributed by atoms with Gasteiger partial charge in [-0.25, -0.2) is 5.43 Å². The maximum atomic E-state index is 11.9. The summed E-state index contributed by atoms with van der Waals surface area (Å²) in [7, 11) is 1.52. The molecule has 0 spiro atoms. The van der Waals surface area contributed by atoms with E-state index in [1.54, 1.807) is 24.3 Å². The Balaban J connectivity index is 2.13. The second kappa shape index (κ2) is 7.55.